The van der Waals surface area contributed by atoms with Gasteiger partial charge in [-0.25, -0.2) is 0 Å². The van der Waals surface area contributed by atoms with Crippen molar-refractivity contribution >= 4 is 0 Å². The molecule has 0 amide bonds. The zero-order chi connectivity index (χ0) is 12.0. The fourth-order valence-electron chi connectivity index (χ4n) is 1.79. The van der Waals surface area contributed by atoms with E-state index in [1.54, 1.807) is 19.1 Å². The Balaban J connectivity index is 2.18. The lowest BCUT2D eigenvalue weighted by molar-refractivity contribution is 0.342. The third kappa shape index (κ3) is 1.38. The topological polar surface area (TPSA) is 58.9 Å². The molecular formula is C13H10O4. The maximum atomic E-state index is 9.62. The summed E-state index contributed by atoms with van der Waals surface area (Å²) < 4.78 is 11.2. The number of phenols is 2. The molecule has 0 radical (unpaired) electrons. The van der Waals surface area contributed by atoms with Gasteiger partial charge in [0.1, 0.15) is 0 Å². The Morgan fingerprint density at radius 1 is 0.941 bits per heavy atom. The van der Waals surface area contributed by atoms with E-state index in [1.165, 1.54) is 6.07 Å². The third-order valence-electron chi connectivity index (χ3n) is 2.71. The van der Waals surface area contributed by atoms with Crippen LogP contribution in [0.5, 0.6) is 34.5 Å². The molecule has 17 heavy (non-hydrogen) atoms. The number of rotatable bonds is 0. The minimum Gasteiger partial charge on any atom is -0.504 e. The molecule has 0 unspecified atom stereocenters. The molecule has 1 heterocycles. The molecule has 0 spiro atoms. The number of benzene rings is 2. The first-order valence-electron chi connectivity index (χ1n) is 5.17. The maximum Gasteiger partial charge on any atom is 0.177 e. The monoisotopic (exact) mass is 230 g/mol. The van der Waals surface area contributed by atoms with Crippen LogP contribution in [0.2, 0.25) is 0 Å². The lowest BCUT2D eigenvalue weighted by Gasteiger charge is -2.22. The summed E-state index contributed by atoms with van der Waals surface area (Å²) in [5, 5.41) is 19.1. The van der Waals surface area contributed by atoms with Crippen LogP contribution >= 0.6 is 0 Å². The quantitative estimate of drug-likeness (QED) is 0.582. The molecule has 4 heteroatoms. The molecule has 3 rings (SSSR count). The molecule has 0 atom stereocenters. The van der Waals surface area contributed by atoms with E-state index in [0.717, 1.165) is 0 Å². The second-order valence-corrected chi connectivity index (χ2v) is 3.85. The molecular weight excluding hydrogens is 220 g/mol. The van der Waals surface area contributed by atoms with Gasteiger partial charge in [0.05, 0.1) is 0 Å². The fourth-order valence-corrected chi connectivity index (χ4v) is 1.79. The molecule has 0 fully saturated rings. The van der Waals surface area contributed by atoms with Gasteiger partial charge in [0, 0.05) is 11.6 Å². The van der Waals surface area contributed by atoms with Gasteiger partial charge in [0.25, 0.3) is 0 Å². The minimum atomic E-state index is -0.218. The smallest absolute Gasteiger partial charge is 0.177 e. The number of para-hydroxylation sites is 2. The highest BCUT2D eigenvalue weighted by Crippen LogP contribution is 2.51. The molecule has 0 saturated carbocycles. The van der Waals surface area contributed by atoms with E-state index in [-0.39, 0.29) is 11.5 Å². The summed E-state index contributed by atoms with van der Waals surface area (Å²) in [6, 6.07) is 8.57. The number of hydrogen-bond acceptors (Lipinski definition) is 4. The molecule has 2 N–H and O–H groups in total. The number of hydrogen-bond donors (Lipinski definition) is 2. The highest BCUT2D eigenvalue weighted by molar-refractivity contribution is 5.64. The molecule has 0 bridgehead atoms. The van der Waals surface area contributed by atoms with E-state index in [1.807, 2.05) is 12.1 Å². The van der Waals surface area contributed by atoms with Crippen LogP contribution in [0.15, 0.2) is 30.3 Å². The molecule has 0 aliphatic carbocycles. The molecule has 86 valence electrons. The summed E-state index contributed by atoms with van der Waals surface area (Å²) in [5.41, 5.74) is 0.453. The zero-order valence-electron chi connectivity index (χ0n) is 9.10. The van der Waals surface area contributed by atoms with Crippen LogP contribution < -0.4 is 9.47 Å². The maximum absolute atomic E-state index is 9.62. The predicted octanol–water partition coefficient (Wildman–Crippen LogP) is 3.30. The summed E-state index contributed by atoms with van der Waals surface area (Å²) >= 11 is 0. The van der Waals surface area contributed by atoms with Crippen LogP contribution in [0.25, 0.3) is 0 Å². The third-order valence-corrected chi connectivity index (χ3v) is 2.71. The average Bonchev–Trinajstić information content (AvgIpc) is 2.34. The first-order valence-corrected chi connectivity index (χ1v) is 5.17. The van der Waals surface area contributed by atoms with Gasteiger partial charge in [-0.05, 0) is 19.1 Å². The van der Waals surface area contributed by atoms with E-state index in [2.05, 4.69) is 0 Å². The molecule has 0 saturated heterocycles. The van der Waals surface area contributed by atoms with Crippen LogP contribution in [0, 0.1) is 6.92 Å². The Hall–Kier alpha value is -2.36. The van der Waals surface area contributed by atoms with Gasteiger partial charge in [-0.1, -0.05) is 12.1 Å². The first kappa shape index (κ1) is 9.84. The van der Waals surface area contributed by atoms with Crippen molar-refractivity contribution in [2.45, 2.75) is 6.92 Å². The lowest BCUT2D eigenvalue weighted by Crippen LogP contribution is -2.00. The van der Waals surface area contributed by atoms with Gasteiger partial charge < -0.3 is 19.7 Å². The Labute approximate surface area is 97.7 Å². The molecule has 0 aromatic heterocycles. The summed E-state index contributed by atoms with van der Waals surface area (Å²) in [5.74, 6) is 1.60. The van der Waals surface area contributed by atoms with Gasteiger partial charge in [0.15, 0.2) is 34.5 Å². The van der Waals surface area contributed by atoms with E-state index >= 15 is 0 Å². The zero-order valence-corrected chi connectivity index (χ0v) is 9.10. The van der Waals surface area contributed by atoms with Gasteiger partial charge in [0.2, 0.25) is 0 Å². The van der Waals surface area contributed by atoms with E-state index in [9.17, 15) is 10.2 Å². The fraction of sp³-hybridized carbons (Fsp3) is 0.0769. The van der Waals surface area contributed by atoms with Crippen molar-refractivity contribution in [1.82, 2.24) is 0 Å². The summed E-state index contributed by atoms with van der Waals surface area (Å²) in [4.78, 5) is 0. The molecule has 4 nitrogen and oxygen atoms in total. The highest BCUT2D eigenvalue weighted by atomic mass is 16.6. The molecule has 2 aromatic rings. The number of phenolic OH excluding ortho intramolecular Hbond substituents is 2. The largest absolute Gasteiger partial charge is 0.504 e. The van der Waals surface area contributed by atoms with Crippen LogP contribution in [0.3, 0.4) is 0 Å². The number of aromatic hydroxyl groups is 2. The SMILES string of the molecule is Cc1c(O)c(O)cc2c1Oc1ccccc1O2. The summed E-state index contributed by atoms with van der Waals surface area (Å²) in [6.07, 6.45) is 0. The Morgan fingerprint density at radius 3 is 2.29 bits per heavy atom. The van der Waals surface area contributed by atoms with Crippen LogP contribution in [0.1, 0.15) is 5.56 Å². The summed E-state index contributed by atoms with van der Waals surface area (Å²) in [6.45, 7) is 1.66. The van der Waals surface area contributed by atoms with Crippen molar-refractivity contribution in [3.05, 3.63) is 35.9 Å². The van der Waals surface area contributed by atoms with E-state index in [0.29, 0.717) is 28.6 Å². The Morgan fingerprint density at radius 2 is 1.59 bits per heavy atom. The second kappa shape index (κ2) is 3.31. The predicted molar refractivity (Wildman–Crippen MR) is 61.1 cm³/mol. The van der Waals surface area contributed by atoms with Crippen molar-refractivity contribution in [3.8, 4) is 34.5 Å². The number of fused-ring (bicyclic) bond motifs is 2. The highest BCUT2D eigenvalue weighted by Gasteiger charge is 2.23. The molecule has 1 aliphatic heterocycles. The van der Waals surface area contributed by atoms with Crippen LogP contribution in [-0.2, 0) is 0 Å². The number of ether oxygens (including phenoxy) is 2. The van der Waals surface area contributed by atoms with Crippen molar-refractivity contribution in [2.24, 2.45) is 0 Å². The normalized spacial score (nSPS) is 12.1. The van der Waals surface area contributed by atoms with Crippen molar-refractivity contribution in [2.75, 3.05) is 0 Å². The van der Waals surface area contributed by atoms with Crippen LogP contribution in [0.4, 0.5) is 0 Å². The van der Waals surface area contributed by atoms with Gasteiger partial charge in [-0.15, -0.1) is 0 Å². The average molecular weight is 230 g/mol. The van der Waals surface area contributed by atoms with Crippen molar-refractivity contribution < 1.29 is 19.7 Å². The second-order valence-electron chi connectivity index (χ2n) is 3.85. The minimum absolute atomic E-state index is 0.188. The van der Waals surface area contributed by atoms with E-state index in [4.69, 9.17) is 9.47 Å². The first-order chi connectivity index (χ1) is 8.16. The van der Waals surface area contributed by atoms with Crippen molar-refractivity contribution in [1.29, 1.82) is 0 Å². The molecule has 1 aliphatic rings. The van der Waals surface area contributed by atoms with Gasteiger partial charge in [-0.3, -0.25) is 0 Å². The molecule has 2 aromatic carbocycles. The lowest BCUT2D eigenvalue weighted by atomic mass is 10.1. The van der Waals surface area contributed by atoms with Gasteiger partial charge in [-0.2, -0.15) is 0 Å². The standard InChI is InChI=1S/C13H10O4/c1-7-12(15)8(14)6-11-13(7)17-10-5-3-2-4-9(10)16-11/h2-6,14-15H,1H3. The van der Waals surface area contributed by atoms with Crippen LogP contribution in [-0.4, -0.2) is 10.2 Å². The van der Waals surface area contributed by atoms with E-state index < -0.39 is 0 Å². The Kier molecular flexibility index (Phi) is 1.92. The summed E-state index contributed by atoms with van der Waals surface area (Å²) in [7, 11) is 0. The Bertz CT molecular complexity index is 605. The van der Waals surface area contributed by atoms with Crippen molar-refractivity contribution in [3.63, 3.8) is 0 Å². The van der Waals surface area contributed by atoms with Gasteiger partial charge >= 0.3 is 0 Å².